The van der Waals surface area contributed by atoms with E-state index < -0.39 is 113 Å². The van der Waals surface area contributed by atoms with Crippen molar-refractivity contribution in [1.82, 2.24) is 0 Å². The number of nitrogens with zero attached hydrogens (tertiary/aromatic N) is 4. The Balaban J connectivity index is 2.21. The molecule has 0 radical (unpaired) electrons. The summed E-state index contributed by atoms with van der Waals surface area (Å²) < 4.78 is 180. The predicted octanol–water partition coefficient (Wildman–Crippen LogP) is 8.98. The molecule has 5 aromatic rings. The van der Waals surface area contributed by atoms with Gasteiger partial charge in [0.15, 0.2) is 33.1 Å². The molecular weight excluding hydrogens is 700 g/mol. The van der Waals surface area contributed by atoms with Crippen LogP contribution in [0.5, 0.6) is 0 Å². The van der Waals surface area contributed by atoms with Gasteiger partial charge in [0.1, 0.15) is 24.3 Å². The molecule has 0 amide bonds. The number of fused-ring (bicyclic) bond motifs is 3. The maximum atomic E-state index is 14.6. The van der Waals surface area contributed by atoms with Crippen LogP contribution in [0.25, 0.3) is 55.3 Å². The maximum Gasteiger partial charge on any atom is 0.417 e. The van der Waals surface area contributed by atoms with Crippen molar-refractivity contribution in [1.29, 1.82) is 21.0 Å². The highest BCUT2D eigenvalue weighted by Gasteiger charge is 2.42. The minimum absolute atomic E-state index is 0.170. The average molecular weight is 708 g/mol. The Kier molecular flexibility index (Phi) is 8.13. The Bertz CT molecular complexity index is 2330. The Labute approximate surface area is 268 Å². The molecule has 0 aliphatic rings. The van der Waals surface area contributed by atoms with Crippen molar-refractivity contribution >= 4 is 33.1 Å². The van der Waals surface area contributed by atoms with E-state index in [9.17, 15) is 73.7 Å². The van der Waals surface area contributed by atoms with E-state index in [1.807, 2.05) is 0 Å². The molecule has 0 unspecified atom stereocenters. The zero-order chi connectivity index (χ0) is 37.1. The minimum Gasteiger partial charge on any atom is -0.451 e. The number of nitriles is 4. The Hall–Kier alpha value is -6.40. The Morgan fingerprint density at radius 1 is 0.460 bits per heavy atom. The normalized spacial score (nSPS) is 12.3. The lowest BCUT2D eigenvalue weighted by Gasteiger charge is -2.22. The number of hydrogen-bond donors (Lipinski definition) is 0. The first-order valence-electron chi connectivity index (χ1n) is 13.1. The quantitative estimate of drug-likeness (QED) is 0.169. The van der Waals surface area contributed by atoms with Crippen LogP contribution in [0.4, 0.5) is 52.7 Å². The second-order valence-corrected chi connectivity index (χ2v) is 10.2. The largest absolute Gasteiger partial charge is 0.451 e. The van der Waals surface area contributed by atoms with Gasteiger partial charge in [-0.25, -0.2) is 0 Å². The van der Waals surface area contributed by atoms with E-state index in [1.165, 1.54) is 24.3 Å². The second kappa shape index (κ2) is 11.6. The molecule has 3 aromatic carbocycles. The minimum atomic E-state index is -5.66. The molecule has 0 N–H and O–H groups in total. The summed E-state index contributed by atoms with van der Waals surface area (Å²) in [5, 5.41) is 36.2. The molecule has 0 spiro atoms. The number of benzene rings is 3. The summed E-state index contributed by atoms with van der Waals surface area (Å²) in [6.45, 7) is 0. The van der Waals surface area contributed by atoms with Crippen LogP contribution in [-0.2, 0) is 24.7 Å². The van der Waals surface area contributed by atoms with E-state index in [0.29, 0.717) is 12.1 Å². The van der Waals surface area contributed by atoms with E-state index >= 15 is 0 Å². The summed E-state index contributed by atoms with van der Waals surface area (Å²) in [6.07, 6.45) is -22.0. The zero-order valence-electron chi connectivity index (χ0n) is 23.8. The average Bonchev–Trinajstić information content (AvgIpc) is 3.64. The fourth-order valence-corrected chi connectivity index (χ4v) is 5.18. The van der Waals surface area contributed by atoms with Crippen LogP contribution >= 0.6 is 0 Å². The van der Waals surface area contributed by atoms with Crippen LogP contribution in [0.3, 0.4) is 0 Å². The van der Waals surface area contributed by atoms with Gasteiger partial charge in [0.25, 0.3) is 0 Å². The molecule has 0 aliphatic carbocycles. The highest BCUT2D eigenvalue weighted by Crippen LogP contribution is 2.51. The third-order valence-corrected chi connectivity index (χ3v) is 7.24. The SMILES string of the molecule is N#CC(C#N)=c1cc2c(-c3ccc(C(F)(F)F)cc3C(F)(F)F)c(-c3ccc(C(F)(F)F)cc3C(F)(F)F)c3cc(=C(C#N)C#N)oc3c2o1. The van der Waals surface area contributed by atoms with E-state index in [4.69, 9.17) is 8.83 Å². The van der Waals surface area contributed by atoms with Crippen molar-refractivity contribution in [2.75, 3.05) is 0 Å². The summed E-state index contributed by atoms with van der Waals surface area (Å²) in [5.41, 5.74) is -16.8. The van der Waals surface area contributed by atoms with Crippen LogP contribution < -0.4 is 10.8 Å². The number of alkyl halides is 12. The van der Waals surface area contributed by atoms with Crippen LogP contribution in [0.2, 0.25) is 0 Å². The third kappa shape index (κ3) is 5.92. The van der Waals surface area contributed by atoms with Gasteiger partial charge >= 0.3 is 24.7 Å². The monoisotopic (exact) mass is 708 g/mol. The van der Waals surface area contributed by atoms with Crippen LogP contribution in [0.15, 0.2) is 57.4 Å². The van der Waals surface area contributed by atoms with Crippen molar-refractivity contribution in [2.24, 2.45) is 0 Å². The van der Waals surface area contributed by atoms with Gasteiger partial charge in [0.2, 0.25) is 0 Å². The highest BCUT2D eigenvalue weighted by atomic mass is 19.4. The molecule has 0 aliphatic heterocycles. The maximum absolute atomic E-state index is 14.6. The van der Waals surface area contributed by atoms with Crippen molar-refractivity contribution in [2.45, 2.75) is 24.7 Å². The lowest BCUT2D eigenvalue weighted by atomic mass is 9.84. The van der Waals surface area contributed by atoms with Crippen LogP contribution in [0.1, 0.15) is 22.3 Å². The fourth-order valence-electron chi connectivity index (χ4n) is 5.18. The second-order valence-electron chi connectivity index (χ2n) is 10.2. The Morgan fingerprint density at radius 2 is 0.780 bits per heavy atom. The summed E-state index contributed by atoms with van der Waals surface area (Å²) in [4.78, 5) is 0. The summed E-state index contributed by atoms with van der Waals surface area (Å²) in [6, 6.07) is 7.25. The molecule has 252 valence electrons. The molecule has 0 saturated carbocycles. The molecule has 5 rings (SSSR count). The number of halogens is 12. The van der Waals surface area contributed by atoms with Gasteiger partial charge in [-0.3, -0.25) is 0 Å². The van der Waals surface area contributed by atoms with Crippen LogP contribution in [-0.4, -0.2) is 0 Å². The van der Waals surface area contributed by atoms with Gasteiger partial charge in [0.05, 0.1) is 22.3 Å². The molecule has 0 atom stereocenters. The van der Waals surface area contributed by atoms with Gasteiger partial charge in [-0.1, -0.05) is 12.1 Å². The predicted molar refractivity (Wildman–Crippen MR) is 145 cm³/mol. The molecule has 0 fully saturated rings. The smallest absolute Gasteiger partial charge is 0.417 e. The van der Waals surface area contributed by atoms with E-state index in [2.05, 4.69) is 0 Å². The summed E-state index contributed by atoms with van der Waals surface area (Å²) in [7, 11) is 0. The first-order chi connectivity index (χ1) is 23.1. The fraction of sp³-hybridized carbons (Fsp3) is 0.125. The summed E-state index contributed by atoms with van der Waals surface area (Å²) in [5.74, 6) is 0. The molecule has 18 heteroatoms. The first kappa shape index (κ1) is 34.9. The van der Waals surface area contributed by atoms with Gasteiger partial charge in [-0.15, -0.1) is 0 Å². The molecular formula is C32H8F12N4O2. The lowest BCUT2D eigenvalue weighted by molar-refractivity contribution is -0.144. The summed E-state index contributed by atoms with van der Waals surface area (Å²) >= 11 is 0. The van der Waals surface area contributed by atoms with Crippen molar-refractivity contribution in [3.8, 4) is 46.5 Å². The molecule has 2 heterocycles. The number of furan rings is 2. The van der Waals surface area contributed by atoms with Gasteiger partial charge < -0.3 is 8.83 Å². The topological polar surface area (TPSA) is 121 Å². The lowest BCUT2D eigenvalue weighted by Crippen LogP contribution is -2.13. The zero-order valence-corrected chi connectivity index (χ0v) is 23.8. The first-order valence-corrected chi connectivity index (χ1v) is 13.1. The van der Waals surface area contributed by atoms with E-state index in [1.54, 1.807) is 0 Å². The van der Waals surface area contributed by atoms with Gasteiger partial charge in [0, 0.05) is 21.9 Å². The number of rotatable bonds is 2. The molecule has 50 heavy (non-hydrogen) atoms. The number of hydrogen-bond acceptors (Lipinski definition) is 6. The van der Waals surface area contributed by atoms with E-state index in [0.717, 1.165) is 0 Å². The van der Waals surface area contributed by atoms with Gasteiger partial charge in [-0.2, -0.15) is 73.7 Å². The van der Waals surface area contributed by atoms with Crippen LogP contribution in [0, 0.1) is 45.3 Å². The Morgan fingerprint density at radius 3 is 1.04 bits per heavy atom. The van der Waals surface area contributed by atoms with E-state index in [-0.39, 0.29) is 36.4 Å². The van der Waals surface area contributed by atoms with Gasteiger partial charge in [-0.05, 0) is 47.5 Å². The molecule has 0 bridgehead atoms. The highest BCUT2D eigenvalue weighted by molar-refractivity contribution is 6.19. The third-order valence-electron chi connectivity index (χ3n) is 7.24. The standard InChI is InChI=1S/C32H8F12N4O2/c33-29(34,35)15-1-3-17(21(5-15)31(39,40)41)25-19-7-23(13(9-45)10-46)49-27(19)28-20(8-24(50-28)14(11-47)12-48)26(25)18-4-2-16(30(36,37)38)6-22(18)32(42,43)44/h1-8H. The van der Waals surface area contributed by atoms with Crippen molar-refractivity contribution in [3.05, 3.63) is 81.6 Å². The van der Waals surface area contributed by atoms with Crippen molar-refractivity contribution < 1.29 is 61.5 Å². The van der Waals surface area contributed by atoms with Crippen molar-refractivity contribution in [3.63, 3.8) is 0 Å². The molecule has 2 aromatic heterocycles. The molecule has 0 saturated heterocycles. The molecule has 6 nitrogen and oxygen atoms in total.